The predicted octanol–water partition coefficient (Wildman–Crippen LogP) is 1.52. The average molecular weight is 210 g/mol. The van der Waals surface area contributed by atoms with Crippen molar-refractivity contribution in [3.63, 3.8) is 0 Å². The van der Waals surface area contributed by atoms with Crippen molar-refractivity contribution in [3.8, 4) is 0 Å². The summed E-state index contributed by atoms with van der Waals surface area (Å²) in [6, 6.07) is 3.34. The Hall–Kier alpha value is -1.00. The summed E-state index contributed by atoms with van der Waals surface area (Å²) >= 11 is 0. The van der Waals surface area contributed by atoms with Crippen LogP contribution in [0.15, 0.2) is 18.3 Å². The highest BCUT2D eigenvalue weighted by atomic mass is 19.1. The first kappa shape index (κ1) is 10.5. The molecule has 4 heteroatoms. The minimum absolute atomic E-state index is 0.160. The first-order valence-electron chi connectivity index (χ1n) is 5.17. The molecule has 2 atom stereocenters. The van der Waals surface area contributed by atoms with E-state index in [1.165, 1.54) is 12.3 Å². The Morgan fingerprint density at radius 2 is 2.47 bits per heavy atom. The molecule has 0 bridgehead atoms. The Bertz CT molecular complexity index is 309. The fourth-order valence-electron chi connectivity index (χ4n) is 2.01. The minimum Gasteiger partial charge on any atom is -0.381 e. The summed E-state index contributed by atoms with van der Waals surface area (Å²) in [4.78, 5) is 4.10. The van der Waals surface area contributed by atoms with Crippen molar-refractivity contribution in [1.82, 2.24) is 10.3 Å². The monoisotopic (exact) mass is 210 g/mol. The normalized spacial score (nSPS) is 22.9. The van der Waals surface area contributed by atoms with E-state index in [0.717, 1.165) is 25.3 Å². The molecule has 2 unspecified atom stereocenters. The predicted molar refractivity (Wildman–Crippen MR) is 54.9 cm³/mol. The molecule has 1 aliphatic rings. The molecule has 15 heavy (non-hydrogen) atoms. The van der Waals surface area contributed by atoms with E-state index in [4.69, 9.17) is 4.74 Å². The summed E-state index contributed by atoms with van der Waals surface area (Å²) in [5.74, 6) is 0.143. The number of aromatic nitrogens is 1. The van der Waals surface area contributed by atoms with Crippen molar-refractivity contribution >= 4 is 0 Å². The van der Waals surface area contributed by atoms with Crippen molar-refractivity contribution in [1.29, 1.82) is 0 Å². The van der Waals surface area contributed by atoms with E-state index in [9.17, 15) is 4.39 Å². The molecular weight excluding hydrogens is 195 g/mol. The third kappa shape index (κ3) is 2.33. The molecule has 1 fully saturated rings. The fraction of sp³-hybridized carbons (Fsp3) is 0.545. The molecule has 1 N–H and O–H groups in total. The summed E-state index contributed by atoms with van der Waals surface area (Å²) in [6.45, 7) is 1.56. The van der Waals surface area contributed by atoms with Crippen molar-refractivity contribution in [3.05, 3.63) is 29.8 Å². The molecule has 1 saturated heterocycles. The van der Waals surface area contributed by atoms with Gasteiger partial charge in [-0.2, -0.15) is 0 Å². The quantitative estimate of drug-likeness (QED) is 0.821. The smallest absolute Gasteiger partial charge is 0.141 e. The number of nitrogens with zero attached hydrogens (tertiary/aromatic N) is 1. The van der Waals surface area contributed by atoms with Crippen LogP contribution in [0.4, 0.5) is 4.39 Å². The first-order valence-corrected chi connectivity index (χ1v) is 5.17. The summed E-state index contributed by atoms with van der Waals surface area (Å²) < 4.78 is 18.1. The lowest BCUT2D eigenvalue weighted by molar-refractivity contribution is 0.177. The SMILES string of the molecule is CNC(c1ccc(F)cn1)C1CCOC1. The zero-order valence-corrected chi connectivity index (χ0v) is 8.74. The number of pyridine rings is 1. The van der Waals surface area contributed by atoms with Gasteiger partial charge in [-0.1, -0.05) is 0 Å². The Morgan fingerprint density at radius 3 is 3.00 bits per heavy atom. The summed E-state index contributed by atoms with van der Waals surface area (Å²) in [5, 5.41) is 3.21. The number of rotatable bonds is 3. The van der Waals surface area contributed by atoms with Crippen LogP contribution in [0.25, 0.3) is 0 Å². The highest BCUT2D eigenvalue weighted by Gasteiger charge is 2.26. The maximum Gasteiger partial charge on any atom is 0.141 e. The van der Waals surface area contributed by atoms with Crippen LogP contribution < -0.4 is 5.32 Å². The van der Waals surface area contributed by atoms with E-state index in [-0.39, 0.29) is 11.9 Å². The van der Waals surface area contributed by atoms with E-state index >= 15 is 0 Å². The van der Waals surface area contributed by atoms with Crippen molar-refractivity contribution < 1.29 is 9.13 Å². The minimum atomic E-state index is -0.295. The van der Waals surface area contributed by atoms with Gasteiger partial charge in [0.05, 0.1) is 24.5 Å². The van der Waals surface area contributed by atoms with Gasteiger partial charge in [0.15, 0.2) is 0 Å². The summed E-state index contributed by atoms with van der Waals surface area (Å²) in [6.07, 6.45) is 2.29. The third-order valence-corrected chi connectivity index (χ3v) is 2.82. The molecule has 2 rings (SSSR count). The second kappa shape index (κ2) is 4.68. The van der Waals surface area contributed by atoms with E-state index in [1.807, 2.05) is 7.05 Å². The second-order valence-electron chi connectivity index (χ2n) is 3.79. The van der Waals surface area contributed by atoms with Gasteiger partial charge in [-0.05, 0) is 25.6 Å². The van der Waals surface area contributed by atoms with Gasteiger partial charge >= 0.3 is 0 Å². The Morgan fingerprint density at radius 1 is 1.60 bits per heavy atom. The topological polar surface area (TPSA) is 34.2 Å². The number of hydrogen-bond acceptors (Lipinski definition) is 3. The molecule has 0 aromatic carbocycles. The lowest BCUT2D eigenvalue weighted by atomic mass is 9.96. The van der Waals surface area contributed by atoms with Gasteiger partial charge in [-0.3, -0.25) is 4.98 Å². The molecule has 0 radical (unpaired) electrons. The largest absolute Gasteiger partial charge is 0.381 e. The zero-order chi connectivity index (χ0) is 10.7. The van der Waals surface area contributed by atoms with Gasteiger partial charge in [-0.25, -0.2) is 4.39 Å². The van der Waals surface area contributed by atoms with Gasteiger partial charge in [0.1, 0.15) is 5.82 Å². The van der Waals surface area contributed by atoms with Crippen LogP contribution >= 0.6 is 0 Å². The van der Waals surface area contributed by atoms with Gasteiger partial charge < -0.3 is 10.1 Å². The number of hydrogen-bond donors (Lipinski definition) is 1. The van der Waals surface area contributed by atoms with E-state index in [0.29, 0.717) is 5.92 Å². The van der Waals surface area contributed by atoms with Crippen LogP contribution in [-0.4, -0.2) is 25.2 Å². The standard InChI is InChI=1S/C11H15FN2O/c1-13-11(8-4-5-15-7-8)10-3-2-9(12)6-14-10/h2-3,6,8,11,13H,4-5,7H2,1H3. The van der Waals surface area contributed by atoms with Crippen LogP contribution in [0.1, 0.15) is 18.2 Å². The molecule has 0 spiro atoms. The Balaban J connectivity index is 2.14. The van der Waals surface area contributed by atoms with Gasteiger partial charge in [-0.15, -0.1) is 0 Å². The van der Waals surface area contributed by atoms with Gasteiger partial charge in [0.25, 0.3) is 0 Å². The Labute approximate surface area is 88.7 Å². The highest BCUT2D eigenvalue weighted by molar-refractivity contribution is 5.11. The van der Waals surface area contributed by atoms with Crippen LogP contribution in [0.3, 0.4) is 0 Å². The van der Waals surface area contributed by atoms with Crippen molar-refractivity contribution in [2.24, 2.45) is 5.92 Å². The Kier molecular flexibility index (Phi) is 3.28. The molecule has 1 aromatic heterocycles. The van der Waals surface area contributed by atoms with Crippen LogP contribution in [0.2, 0.25) is 0 Å². The van der Waals surface area contributed by atoms with E-state index < -0.39 is 0 Å². The molecule has 0 saturated carbocycles. The average Bonchev–Trinajstić information content (AvgIpc) is 2.75. The van der Waals surface area contributed by atoms with E-state index in [1.54, 1.807) is 6.07 Å². The van der Waals surface area contributed by atoms with Crippen LogP contribution in [-0.2, 0) is 4.74 Å². The van der Waals surface area contributed by atoms with Gasteiger partial charge in [0, 0.05) is 12.5 Å². The lowest BCUT2D eigenvalue weighted by Gasteiger charge is -2.20. The molecule has 0 amide bonds. The number of ether oxygens (including phenoxy) is 1. The first-order chi connectivity index (χ1) is 7.31. The molecule has 0 aliphatic carbocycles. The summed E-state index contributed by atoms with van der Waals surface area (Å²) in [7, 11) is 1.90. The summed E-state index contributed by atoms with van der Waals surface area (Å²) in [5.41, 5.74) is 0.884. The zero-order valence-electron chi connectivity index (χ0n) is 8.74. The molecule has 1 aromatic rings. The molecule has 2 heterocycles. The van der Waals surface area contributed by atoms with Crippen LogP contribution in [0, 0.1) is 11.7 Å². The maximum atomic E-state index is 12.7. The number of halogens is 1. The lowest BCUT2D eigenvalue weighted by Crippen LogP contribution is -2.26. The van der Waals surface area contributed by atoms with Crippen molar-refractivity contribution in [2.45, 2.75) is 12.5 Å². The van der Waals surface area contributed by atoms with Crippen LogP contribution in [0.5, 0.6) is 0 Å². The number of nitrogens with one attached hydrogen (secondary N) is 1. The molecule has 82 valence electrons. The third-order valence-electron chi connectivity index (χ3n) is 2.82. The molecule has 3 nitrogen and oxygen atoms in total. The second-order valence-corrected chi connectivity index (χ2v) is 3.79. The fourth-order valence-corrected chi connectivity index (χ4v) is 2.01. The maximum absolute atomic E-state index is 12.7. The molecule has 1 aliphatic heterocycles. The molecular formula is C11H15FN2O. The van der Waals surface area contributed by atoms with E-state index in [2.05, 4.69) is 10.3 Å². The van der Waals surface area contributed by atoms with Gasteiger partial charge in [0.2, 0.25) is 0 Å². The highest BCUT2D eigenvalue weighted by Crippen LogP contribution is 2.27. The van der Waals surface area contributed by atoms with Crippen molar-refractivity contribution in [2.75, 3.05) is 20.3 Å².